The Morgan fingerprint density at radius 1 is 0.711 bits per heavy atom. The van der Waals surface area contributed by atoms with E-state index in [0.717, 1.165) is 35.1 Å². The minimum Gasteiger partial charge on any atom is -0.299 e. The smallest absolute Gasteiger partial charge is 0.140 e. The molecule has 2 aromatic carbocycles. The molecule has 45 heavy (non-hydrogen) atoms. The van der Waals surface area contributed by atoms with Gasteiger partial charge in [-0.25, -0.2) is 0 Å². The highest BCUT2D eigenvalue weighted by Crippen LogP contribution is 2.45. The number of carbonyl (C=O) groups excluding carboxylic acids is 2. The van der Waals surface area contributed by atoms with Crippen LogP contribution < -0.4 is 0 Å². The van der Waals surface area contributed by atoms with Crippen molar-refractivity contribution in [3.8, 4) is 12.1 Å². The van der Waals surface area contributed by atoms with Crippen molar-refractivity contribution in [3.63, 3.8) is 0 Å². The maximum Gasteiger partial charge on any atom is 0.140 e. The first-order valence-corrected chi connectivity index (χ1v) is 17.3. The van der Waals surface area contributed by atoms with E-state index < -0.39 is 0 Å². The SMILES string of the molecule is CC(C)C1CCC(C)(C)CC1C(=O)Cc1ccc(CC#N)cc1.CC(C)[C@@H]1CC[C@@H](C)C[C@H]1C(=O)Cc1ccc(CC#N)cc1. The molecule has 0 saturated heterocycles. The molecule has 2 aromatic rings. The van der Waals surface area contributed by atoms with Crippen LogP contribution >= 0.6 is 0 Å². The first-order chi connectivity index (χ1) is 21.3. The van der Waals surface area contributed by atoms with E-state index in [0.29, 0.717) is 66.8 Å². The molecule has 4 nitrogen and oxygen atoms in total. The van der Waals surface area contributed by atoms with Gasteiger partial charge >= 0.3 is 0 Å². The van der Waals surface area contributed by atoms with Gasteiger partial charge in [0.25, 0.3) is 0 Å². The Morgan fingerprint density at radius 3 is 1.58 bits per heavy atom. The van der Waals surface area contributed by atoms with Crippen LogP contribution in [-0.4, -0.2) is 11.6 Å². The summed E-state index contributed by atoms with van der Waals surface area (Å²) in [5, 5.41) is 17.4. The predicted molar refractivity (Wildman–Crippen MR) is 183 cm³/mol. The summed E-state index contributed by atoms with van der Waals surface area (Å²) in [6.07, 6.45) is 8.83. The van der Waals surface area contributed by atoms with E-state index in [2.05, 4.69) is 60.6 Å². The molecular formula is C41H56N2O2. The van der Waals surface area contributed by atoms with Crippen LogP contribution in [0.2, 0.25) is 0 Å². The first kappa shape index (κ1) is 36.2. The summed E-state index contributed by atoms with van der Waals surface area (Å²) in [7, 11) is 0. The summed E-state index contributed by atoms with van der Waals surface area (Å²) in [5.41, 5.74) is 4.46. The van der Waals surface area contributed by atoms with Crippen molar-refractivity contribution in [2.24, 2.45) is 46.8 Å². The molecule has 242 valence electrons. The Bertz CT molecular complexity index is 1320. The number of carbonyl (C=O) groups is 2. The highest BCUT2D eigenvalue weighted by molar-refractivity contribution is 5.84. The highest BCUT2D eigenvalue weighted by Gasteiger charge is 2.39. The fourth-order valence-corrected chi connectivity index (χ4v) is 7.73. The summed E-state index contributed by atoms with van der Waals surface area (Å²) in [6, 6.07) is 20.2. The Hall–Kier alpha value is -3.24. The normalized spacial score (nSPS) is 24.2. The second-order valence-electron chi connectivity index (χ2n) is 15.4. The molecule has 4 heteroatoms. The standard InChI is InChI=1S/C21H29NO.C20H27NO/c1-15(2)18-9-11-21(3,4)14-19(18)20(23)13-17-7-5-16(6-8-17)10-12-22;1-14(2)18-9-4-15(3)12-19(18)20(22)13-17-7-5-16(6-8-17)10-11-21/h5-8,15,18-19H,9-11,13-14H2,1-4H3;5-8,14-15,18-19H,4,9-10,12-13H2,1-3H3/t;15-,18+,19-/m.1/s1. The topological polar surface area (TPSA) is 81.7 Å². The molecular weight excluding hydrogens is 552 g/mol. The van der Waals surface area contributed by atoms with Gasteiger partial charge in [-0.15, -0.1) is 0 Å². The summed E-state index contributed by atoms with van der Waals surface area (Å²) in [4.78, 5) is 25.7. The van der Waals surface area contributed by atoms with Crippen LogP contribution in [-0.2, 0) is 35.3 Å². The molecule has 2 fully saturated rings. The highest BCUT2D eigenvalue weighted by atomic mass is 16.1. The average molecular weight is 609 g/mol. The third-order valence-electron chi connectivity index (χ3n) is 10.5. The van der Waals surface area contributed by atoms with Crippen molar-refractivity contribution in [2.75, 3.05) is 0 Å². The van der Waals surface area contributed by atoms with Gasteiger partial charge in [0, 0.05) is 24.7 Å². The van der Waals surface area contributed by atoms with Crippen molar-refractivity contribution in [3.05, 3.63) is 70.8 Å². The van der Waals surface area contributed by atoms with E-state index in [9.17, 15) is 9.59 Å². The molecule has 0 aromatic heterocycles. The van der Waals surface area contributed by atoms with Crippen molar-refractivity contribution < 1.29 is 9.59 Å². The fourth-order valence-electron chi connectivity index (χ4n) is 7.73. The molecule has 0 heterocycles. The summed E-state index contributed by atoms with van der Waals surface area (Å²) < 4.78 is 0. The van der Waals surface area contributed by atoms with Crippen LogP contribution in [0.25, 0.3) is 0 Å². The Morgan fingerprint density at radius 2 is 1.13 bits per heavy atom. The molecule has 0 bridgehead atoms. The number of ketones is 2. The maximum absolute atomic E-state index is 12.9. The van der Waals surface area contributed by atoms with Crippen LogP contribution in [0.5, 0.6) is 0 Å². The minimum absolute atomic E-state index is 0.192. The second kappa shape index (κ2) is 16.9. The number of nitriles is 2. The second-order valence-corrected chi connectivity index (χ2v) is 15.4. The van der Waals surface area contributed by atoms with Gasteiger partial charge in [-0.3, -0.25) is 9.59 Å². The number of nitrogens with zero attached hydrogens (tertiary/aromatic N) is 2. The summed E-state index contributed by atoms with van der Waals surface area (Å²) in [5.74, 6) is 4.09. The molecule has 2 aliphatic rings. The van der Waals surface area contributed by atoms with Crippen LogP contribution in [0.3, 0.4) is 0 Å². The zero-order chi connectivity index (χ0) is 33.1. The predicted octanol–water partition coefficient (Wildman–Crippen LogP) is 9.54. The molecule has 4 rings (SSSR count). The quantitative estimate of drug-likeness (QED) is 0.269. The Balaban J connectivity index is 0.000000246. The van der Waals surface area contributed by atoms with Gasteiger partial charge in [-0.2, -0.15) is 10.5 Å². The molecule has 5 atom stereocenters. The zero-order valence-electron chi connectivity index (χ0n) is 28.9. The van der Waals surface area contributed by atoms with Crippen LogP contribution in [0.4, 0.5) is 0 Å². The average Bonchev–Trinajstić information content (AvgIpc) is 2.99. The van der Waals surface area contributed by atoms with Gasteiger partial charge < -0.3 is 0 Å². The molecule has 0 aliphatic heterocycles. The number of rotatable bonds is 10. The Kier molecular flexibility index (Phi) is 13.6. The molecule has 2 unspecified atom stereocenters. The first-order valence-electron chi connectivity index (χ1n) is 17.3. The molecule has 0 radical (unpaired) electrons. The van der Waals surface area contributed by atoms with Gasteiger partial charge in [0.1, 0.15) is 11.6 Å². The lowest BCUT2D eigenvalue weighted by molar-refractivity contribution is -0.128. The van der Waals surface area contributed by atoms with E-state index >= 15 is 0 Å². The van der Waals surface area contributed by atoms with Crippen LogP contribution in [0.15, 0.2) is 48.5 Å². The third-order valence-corrected chi connectivity index (χ3v) is 10.5. The molecule has 0 N–H and O–H groups in total. The van der Waals surface area contributed by atoms with E-state index in [-0.39, 0.29) is 17.3 Å². The van der Waals surface area contributed by atoms with Crippen molar-refractivity contribution in [1.29, 1.82) is 10.5 Å². The van der Waals surface area contributed by atoms with E-state index in [1.807, 2.05) is 48.5 Å². The largest absolute Gasteiger partial charge is 0.299 e. The molecule has 2 aliphatic carbocycles. The maximum atomic E-state index is 12.9. The lowest BCUT2D eigenvalue weighted by Crippen LogP contribution is -2.37. The lowest BCUT2D eigenvalue weighted by Gasteiger charge is -2.42. The van der Waals surface area contributed by atoms with Gasteiger partial charge in [0.2, 0.25) is 0 Å². The van der Waals surface area contributed by atoms with Gasteiger partial charge in [0.05, 0.1) is 25.0 Å². The van der Waals surface area contributed by atoms with E-state index in [1.54, 1.807) is 0 Å². The van der Waals surface area contributed by atoms with E-state index in [1.165, 1.54) is 25.7 Å². The number of hydrogen-bond acceptors (Lipinski definition) is 4. The fraction of sp³-hybridized carbons (Fsp3) is 0.610. The van der Waals surface area contributed by atoms with Gasteiger partial charge in [-0.1, -0.05) is 103 Å². The van der Waals surface area contributed by atoms with Crippen molar-refractivity contribution >= 4 is 11.6 Å². The van der Waals surface area contributed by atoms with Gasteiger partial charge in [-0.05, 0) is 89.4 Å². The minimum atomic E-state index is 0.192. The number of hydrogen-bond donors (Lipinski definition) is 0. The Labute approximate surface area is 273 Å². The number of benzene rings is 2. The number of Topliss-reactive ketones (excluding diaryl/α,β-unsaturated/α-hetero) is 2. The zero-order valence-corrected chi connectivity index (χ0v) is 28.9. The van der Waals surface area contributed by atoms with Crippen molar-refractivity contribution in [2.45, 2.75) is 113 Å². The lowest BCUT2D eigenvalue weighted by atomic mass is 9.62. The van der Waals surface area contributed by atoms with Crippen LogP contribution in [0.1, 0.15) is 109 Å². The van der Waals surface area contributed by atoms with Gasteiger partial charge in [0.15, 0.2) is 0 Å². The summed E-state index contributed by atoms with van der Waals surface area (Å²) in [6.45, 7) is 15.9. The summed E-state index contributed by atoms with van der Waals surface area (Å²) >= 11 is 0. The monoisotopic (exact) mass is 608 g/mol. The van der Waals surface area contributed by atoms with Crippen molar-refractivity contribution in [1.82, 2.24) is 0 Å². The molecule has 0 amide bonds. The van der Waals surface area contributed by atoms with E-state index in [4.69, 9.17) is 10.5 Å². The molecule has 0 spiro atoms. The molecule has 2 saturated carbocycles. The van der Waals surface area contributed by atoms with Crippen LogP contribution in [0, 0.1) is 69.5 Å². The third kappa shape index (κ3) is 11.0.